The molecule has 0 spiro atoms. The van der Waals surface area contributed by atoms with Gasteiger partial charge >= 0.3 is 6.54 Å². The zero-order valence-corrected chi connectivity index (χ0v) is 4.48. The third kappa shape index (κ3) is 3.69. The lowest BCUT2D eigenvalue weighted by Crippen LogP contribution is -2.07. The normalized spacial score (nSPS) is 14.1. The molecule has 0 saturated heterocycles. The van der Waals surface area contributed by atoms with E-state index in [0.29, 0.717) is 6.61 Å². The molecule has 0 N–H and O–H groups in total. The number of methoxy groups -OCH3 is 1. The summed E-state index contributed by atoms with van der Waals surface area (Å²) in [6, 6.07) is 0. The van der Waals surface area contributed by atoms with Crippen LogP contribution in [0.15, 0.2) is 0 Å². The van der Waals surface area contributed by atoms with Crippen LogP contribution in [0.3, 0.4) is 0 Å². The highest BCUT2D eigenvalue weighted by atomic mass is 19.2. The molecule has 0 saturated carbocycles. The van der Waals surface area contributed by atoms with Crippen LogP contribution in [0.5, 0.6) is 0 Å². The molecule has 0 aromatic carbocycles. The molecule has 0 heterocycles. The minimum absolute atomic E-state index is 0.342. The number of halogens is 1. The minimum atomic E-state index is -1.55. The largest absolute Gasteiger partial charge is 0.330 e. The lowest BCUT2D eigenvalue weighted by Gasteiger charge is -2.02. The fourth-order valence-corrected chi connectivity index (χ4v) is 0.199. The lowest BCUT2D eigenvalue weighted by atomic mass is 10.9. The first kappa shape index (κ1) is 6.85. The first-order chi connectivity index (χ1) is 3.31. The second-order valence-corrected chi connectivity index (χ2v) is 0.965. The van der Waals surface area contributed by atoms with Crippen LogP contribution in [-0.4, -0.2) is 20.3 Å². The van der Waals surface area contributed by atoms with Gasteiger partial charge in [0.15, 0.2) is 0 Å². The van der Waals surface area contributed by atoms with Gasteiger partial charge < -0.3 is 9.47 Å². The van der Waals surface area contributed by atoms with Crippen LogP contribution < -0.4 is 0 Å². The average Bonchev–Trinajstić information content (AvgIpc) is 1.68. The Kier molecular flexibility index (Phi) is 3.93. The molecule has 0 aromatic rings. The molecule has 2 nitrogen and oxygen atoms in total. The van der Waals surface area contributed by atoms with Crippen molar-refractivity contribution in [2.75, 3.05) is 13.7 Å². The Labute approximate surface area is 42.2 Å². The molecule has 44 valence electrons. The van der Waals surface area contributed by atoms with Crippen LogP contribution in [0.4, 0.5) is 4.39 Å². The molecular formula is C4H9FO2. The van der Waals surface area contributed by atoms with Crippen molar-refractivity contribution >= 4 is 0 Å². The predicted molar refractivity (Wildman–Crippen MR) is 23.5 cm³/mol. The highest BCUT2D eigenvalue weighted by Gasteiger charge is 1.97. The SMILES string of the molecule is CCOC(F)OC. The standard InChI is InChI=1S/C4H9FO2/c1-3-7-4(5)6-2/h4H,3H2,1-2H3. The van der Waals surface area contributed by atoms with Gasteiger partial charge in [-0.1, -0.05) is 0 Å². The molecule has 0 aliphatic rings. The van der Waals surface area contributed by atoms with Gasteiger partial charge in [-0.2, -0.15) is 4.39 Å². The van der Waals surface area contributed by atoms with Crippen LogP contribution in [0.2, 0.25) is 0 Å². The summed E-state index contributed by atoms with van der Waals surface area (Å²) in [7, 11) is 1.25. The van der Waals surface area contributed by atoms with E-state index in [4.69, 9.17) is 0 Å². The monoisotopic (exact) mass is 108 g/mol. The highest BCUT2D eigenvalue weighted by Crippen LogP contribution is 1.90. The number of hydrogen-bond donors (Lipinski definition) is 0. The van der Waals surface area contributed by atoms with E-state index in [1.165, 1.54) is 7.11 Å². The summed E-state index contributed by atoms with van der Waals surface area (Å²) in [4.78, 5) is 0. The zero-order valence-electron chi connectivity index (χ0n) is 4.48. The summed E-state index contributed by atoms with van der Waals surface area (Å²) in [5.41, 5.74) is 0. The molecule has 1 atom stereocenters. The molecule has 0 fully saturated rings. The Morgan fingerprint density at radius 2 is 2.29 bits per heavy atom. The van der Waals surface area contributed by atoms with Gasteiger partial charge in [0, 0.05) is 13.7 Å². The van der Waals surface area contributed by atoms with E-state index in [-0.39, 0.29) is 0 Å². The summed E-state index contributed by atoms with van der Waals surface area (Å²) < 4.78 is 20.1. The number of alkyl halides is 1. The third-order valence-corrected chi connectivity index (χ3v) is 0.483. The van der Waals surface area contributed by atoms with Crippen molar-refractivity contribution in [3.05, 3.63) is 0 Å². The fraction of sp³-hybridized carbons (Fsp3) is 1.00. The van der Waals surface area contributed by atoms with Gasteiger partial charge in [-0.15, -0.1) is 0 Å². The van der Waals surface area contributed by atoms with E-state index in [2.05, 4.69) is 9.47 Å². The molecule has 7 heavy (non-hydrogen) atoms. The first-order valence-electron chi connectivity index (χ1n) is 2.09. The van der Waals surface area contributed by atoms with Gasteiger partial charge in [0.1, 0.15) is 0 Å². The Hall–Kier alpha value is -0.150. The number of hydrogen-bond acceptors (Lipinski definition) is 2. The van der Waals surface area contributed by atoms with Gasteiger partial charge in [-0.3, -0.25) is 0 Å². The van der Waals surface area contributed by atoms with Gasteiger partial charge in [0.25, 0.3) is 0 Å². The Morgan fingerprint density at radius 3 is 2.43 bits per heavy atom. The molecule has 0 radical (unpaired) electrons. The maximum Gasteiger partial charge on any atom is 0.309 e. The smallest absolute Gasteiger partial charge is 0.309 e. The topological polar surface area (TPSA) is 18.5 Å². The van der Waals surface area contributed by atoms with Crippen molar-refractivity contribution in [2.24, 2.45) is 0 Å². The van der Waals surface area contributed by atoms with Crippen molar-refractivity contribution in [2.45, 2.75) is 13.5 Å². The van der Waals surface area contributed by atoms with Crippen molar-refractivity contribution in [1.82, 2.24) is 0 Å². The minimum Gasteiger partial charge on any atom is -0.330 e. The van der Waals surface area contributed by atoms with Crippen molar-refractivity contribution < 1.29 is 13.9 Å². The van der Waals surface area contributed by atoms with Crippen LogP contribution in [0.1, 0.15) is 6.92 Å². The van der Waals surface area contributed by atoms with Crippen molar-refractivity contribution in [3.63, 3.8) is 0 Å². The summed E-state index contributed by atoms with van der Waals surface area (Å²) in [6.45, 7) is 0.491. The Bertz CT molecular complexity index is 40.7. The second-order valence-electron chi connectivity index (χ2n) is 0.965. The van der Waals surface area contributed by atoms with E-state index in [1.54, 1.807) is 6.92 Å². The summed E-state index contributed by atoms with van der Waals surface area (Å²) in [5.74, 6) is 0. The molecule has 1 unspecified atom stereocenters. The number of ether oxygens (including phenoxy) is 2. The van der Waals surface area contributed by atoms with E-state index in [1.807, 2.05) is 0 Å². The molecular weight excluding hydrogens is 99.0 g/mol. The lowest BCUT2D eigenvalue weighted by molar-refractivity contribution is -0.200. The van der Waals surface area contributed by atoms with E-state index < -0.39 is 6.54 Å². The molecule has 0 amide bonds. The average molecular weight is 108 g/mol. The molecule has 0 bridgehead atoms. The maximum atomic E-state index is 11.7. The van der Waals surface area contributed by atoms with Gasteiger partial charge in [-0.05, 0) is 6.92 Å². The van der Waals surface area contributed by atoms with Crippen molar-refractivity contribution in [1.29, 1.82) is 0 Å². The van der Waals surface area contributed by atoms with Gasteiger partial charge in [0.05, 0.1) is 0 Å². The van der Waals surface area contributed by atoms with Crippen molar-refractivity contribution in [3.8, 4) is 0 Å². The van der Waals surface area contributed by atoms with Gasteiger partial charge in [0.2, 0.25) is 0 Å². The number of rotatable bonds is 3. The fourth-order valence-electron chi connectivity index (χ4n) is 0.199. The predicted octanol–water partition coefficient (Wildman–Crippen LogP) is 0.922. The van der Waals surface area contributed by atoms with Gasteiger partial charge in [-0.25, -0.2) is 0 Å². The molecule has 3 heteroatoms. The second kappa shape index (κ2) is 4.02. The summed E-state index contributed by atoms with van der Waals surface area (Å²) >= 11 is 0. The molecule has 0 aliphatic carbocycles. The van der Waals surface area contributed by atoms with E-state index in [9.17, 15) is 4.39 Å². The zero-order chi connectivity index (χ0) is 5.70. The van der Waals surface area contributed by atoms with Crippen LogP contribution >= 0.6 is 0 Å². The third-order valence-electron chi connectivity index (χ3n) is 0.483. The molecule has 0 aromatic heterocycles. The van der Waals surface area contributed by atoms with E-state index in [0.717, 1.165) is 0 Å². The van der Waals surface area contributed by atoms with Crippen LogP contribution in [0.25, 0.3) is 0 Å². The maximum absolute atomic E-state index is 11.7. The van der Waals surface area contributed by atoms with Crippen LogP contribution in [-0.2, 0) is 9.47 Å². The quantitative estimate of drug-likeness (QED) is 0.500. The Balaban J connectivity index is 2.83. The molecule has 0 rings (SSSR count). The molecule has 0 aliphatic heterocycles. The Morgan fingerprint density at radius 1 is 1.71 bits per heavy atom. The van der Waals surface area contributed by atoms with Crippen LogP contribution in [0, 0.1) is 0 Å². The summed E-state index contributed by atoms with van der Waals surface area (Å²) in [6.07, 6.45) is 0. The summed E-state index contributed by atoms with van der Waals surface area (Å²) in [5, 5.41) is 0. The first-order valence-corrected chi connectivity index (χ1v) is 2.09. The highest BCUT2D eigenvalue weighted by molar-refractivity contribution is 4.11. The van der Waals surface area contributed by atoms with E-state index >= 15 is 0 Å².